The number of aromatic nitrogens is 2. The van der Waals surface area contributed by atoms with Crippen LogP contribution in [-0.2, 0) is 6.18 Å². The van der Waals surface area contributed by atoms with Crippen LogP contribution < -0.4 is 0 Å². The second-order valence-electron chi connectivity index (χ2n) is 16.1. The second-order valence-corrected chi connectivity index (χ2v) is 16.1. The summed E-state index contributed by atoms with van der Waals surface area (Å²) in [6.45, 7) is 16.8. The quantitative estimate of drug-likeness (QED) is 0.160. The zero-order valence-corrected chi connectivity index (χ0v) is 34.4. The van der Waals surface area contributed by atoms with Crippen molar-refractivity contribution in [2.45, 2.75) is 33.9 Å². The monoisotopic (exact) mass is 810 g/mol. The molecule has 0 radical (unpaired) electrons. The number of hydrogen-bond donors (Lipinski definition) is 0. The van der Waals surface area contributed by atoms with Gasteiger partial charge in [-0.1, -0.05) is 102 Å². The van der Waals surface area contributed by atoms with E-state index in [1.54, 1.807) is 12.1 Å². The lowest BCUT2D eigenvalue weighted by atomic mass is 9.94. The SMILES string of the molecule is [C-]#[N+]c1cc(-n2c3ccccc3c3cc(-c4ccc(C)cc4C)ccc32)c(-n2c3ccccc3c3cc(-c4ccc(C)cc4C)ccc32)cc1-c1ccc(C#N)cc1C(F)(F)F. The van der Waals surface area contributed by atoms with E-state index in [4.69, 9.17) is 6.57 Å². The molecule has 0 spiro atoms. The number of hydrogen-bond acceptors (Lipinski definition) is 1. The van der Waals surface area contributed by atoms with Crippen LogP contribution in [0.2, 0.25) is 0 Å². The maximum Gasteiger partial charge on any atom is 0.417 e. The fraction of sp³-hybridized carbons (Fsp3) is 0.0909. The molecule has 10 aromatic rings. The zero-order chi connectivity index (χ0) is 43.0. The Morgan fingerprint density at radius 1 is 0.500 bits per heavy atom. The number of alkyl halides is 3. The maximum absolute atomic E-state index is 15.0. The van der Waals surface area contributed by atoms with E-state index in [1.165, 1.54) is 28.8 Å². The topological polar surface area (TPSA) is 38.0 Å². The molecule has 10 rings (SSSR count). The first-order valence-corrected chi connectivity index (χ1v) is 20.3. The van der Waals surface area contributed by atoms with Gasteiger partial charge in [0.15, 0.2) is 5.69 Å². The van der Waals surface area contributed by atoms with Gasteiger partial charge in [0.1, 0.15) is 0 Å². The van der Waals surface area contributed by atoms with Gasteiger partial charge >= 0.3 is 6.18 Å². The van der Waals surface area contributed by atoms with Crippen LogP contribution in [0.15, 0.2) is 152 Å². The fourth-order valence-electron chi connectivity index (χ4n) is 9.39. The van der Waals surface area contributed by atoms with Crippen LogP contribution in [0.1, 0.15) is 33.4 Å². The van der Waals surface area contributed by atoms with Crippen LogP contribution in [0.3, 0.4) is 0 Å². The standard InChI is InChI=1S/C55H37F3N4/c1-32-14-19-39(34(3)24-32)37-17-22-51-45(27-37)42-10-6-8-12-49(42)61(51)53-29-44(41-21-16-36(31-59)26-47(41)55(56,57)58)48(60-5)30-54(53)62-50-13-9-7-11-43(50)46-28-38(18-23-52(46)62)40-20-15-33(2)25-35(40)4/h6-30H,1-4H3. The van der Waals surface area contributed by atoms with Crippen LogP contribution in [0.4, 0.5) is 18.9 Å². The van der Waals surface area contributed by atoms with Gasteiger partial charge in [-0.2, -0.15) is 18.4 Å². The van der Waals surface area contributed by atoms with Crippen molar-refractivity contribution in [2.75, 3.05) is 0 Å². The first-order chi connectivity index (χ1) is 29.9. The predicted molar refractivity (Wildman–Crippen MR) is 246 cm³/mol. The van der Waals surface area contributed by atoms with Gasteiger partial charge in [0.05, 0.1) is 57.2 Å². The predicted octanol–water partition coefficient (Wildman–Crippen LogP) is 15.6. The Morgan fingerprint density at radius 2 is 0.984 bits per heavy atom. The Balaban J connectivity index is 1.33. The molecule has 0 saturated heterocycles. The first kappa shape index (κ1) is 38.3. The third-order valence-corrected chi connectivity index (χ3v) is 12.2. The summed E-state index contributed by atoms with van der Waals surface area (Å²) in [5.41, 5.74) is 12.7. The largest absolute Gasteiger partial charge is 0.417 e. The van der Waals surface area contributed by atoms with Gasteiger partial charge in [-0.3, -0.25) is 0 Å². The average molecular weight is 811 g/mol. The highest BCUT2D eigenvalue weighted by molar-refractivity contribution is 6.13. The lowest BCUT2D eigenvalue weighted by molar-refractivity contribution is -0.137. The minimum absolute atomic E-state index is 0.0506. The zero-order valence-electron chi connectivity index (χ0n) is 34.4. The number of nitrogens with zero attached hydrogens (tertiary/aromatic N) is 4. The number of aryl methyl sites for hydroxylation is 4. The van der Waals surface area contributed by atoms with E-state index in [2.05, 4.69) is 127 Å². The molecule has 2 aromatic heterocycles. The van der Waals surface area contributed by atoms with Gasteiger partial charge in [-0.25, -0.2) is 4.85 Å². The minimum Gasteiger partial charge on any atom is -0.308 e. The Labute approximate surface area is 356 Å². The molecule has 0 aliphatic carbocycles. The molecule has 8 aromatic carbocycles. The molecule has 0 saturated carbocycles. The van der Waals surface area contributed by atoms with Gasteiger partial charge < -0.3 is 9.13 Å². The molecule has 298 valence electrons. The smallest absolute Gasteiger partial charge is 0.308 e. The minimum atomic E-state index is -4.79. The normalized spacial score (nSPS) is 11.8. The summed E-state index contributed by atoms with van der Waals surface area (Å²) in [6.07, 6.45) is -4.79. The van der Waals surface area contributed by atoms with Crippen molar-refractivity contribution in [1.82, 2.24) is 9.13 Å². The van der Waals surface area contributed by atoms with Gasteiger partial charge in [-0.15, -0.1) is 0 Å². The van der Waals surface area contributed by atoms with Crippen molar-refractivity contribution >= 4 is 49.3 Å². The van der Waals surface area contributed by atoms with Gasteiger partial charge in [-0.05, 0) is 133 Å². The molecule has 0 amide bonds. The van der Waals surface area contributed by atoms with E-state index in [1.807, 2.05) is 42.5 Å². The Bertz CT molecular complexity index is 3590. The molecule has 0 aliphatic heterocycles. The molecule has 2 heterocycles. The van der Waals surface area contributed by atoms with Gasteiger partial charge in [0, 0.05) is 21.5 Å². The second kappa shape index (κ2) is 14.4. The lowest BCUT2D eigenvalue weighted by Gasteiger charge is -2.21. The third-order valence-electron chi connectivity index (χ3n) is 12.2. The summed E-state index contributed by atoms with van der Waals surface area (Å²) >= 11 is 0. The summed E-state index contributed by atoms with van der Waals surface area (Å²) in [7, 11) is 0. The molecule has 0 unspecified atom stereocenters. The summed E-state index contributed by atoms with van der Waals surface area (Å²) in [6, 6.07) is 50.7. The van der Waals surface area contributed by atoms with E-state index in [0.717, 1.165) is 77.5 Å². The molecule has 4 nitrogen and oxygen atoms in total. The van der Waals surface area contributed by atoms with Crippen LogP contribution >= 0.6 is 0 Å². The number of halogens is 3. The number of rotatable bonds is 5. The van der Waals surface area contributed by atoms with Crippen molar-refractivity contribution in [3.05, 3.63) is 196 Å². The lowest BCUT2D eigenvalue weighted by Crippen LogP contribution is -2.09. The molecule has 0 atom stereocenters. The van der Waals surface area contributed by atoms with Crippen molar-refractivity contribution in [2.24, 2.45) is 0 Å². The molecule has 7 heteroatoms. The van der Waals surface area contributed by atoms with E-state index < -0.39 is 11.7 Å². The van der Waals surface area contributed by atoms with E-state index in [0.29, 0.717) is 11.4 Å². The summed E-state index contributed by atoms with van der Waals surface area (Å²) < 4.78 is 49.1. The maximum atomic E-state index is 15.0. The Hall–Kier alpha value is -7.87. The van der Waals surface area contributed by atoms with Crippen molar-refractivity contribution < 1.29 is 13.2 Å². The highest BCUT2D eigenvalue weighted by atomic mass is 19.4. The average Bonchev–Trinajstić information content (AvgIpc) is 3.77. The molecule has 0 fully saturated rings. The number of nitriles is 1. The van der Waals surface area contributed by atoms with Crippen LogP contribution in [0.5, 0.6) is 0 Å². The molecule has 62 heavy (non-hydrogen) atoms. The molecule has 0 N–H and O–H groups in total. The van der Waals surface area contributed by atoms with Crippen LogP contribution in [0.25, 0.3) is 93.2 Å². The highest BCUT2D eigenvalue weighted by Gasteiger charge is 2.35. The number of para-hydroxylation sites is 2. The molecule has 0 bridgehead atoms. The van der Waals surface area contributed by atoms with E-state index in [-0.39, 0.29) is 22.4 Å². The fourth-order valence-corrected chi connectivity index (χ4v) is 9.39. The first-order valence-electron chi connectivity index (χ1n) is 20.3. The van der Waals surface area contributed by atoms with Crippen molar-refractivity contribution in [1.29, 1.82) is 5.26 Å². The number of benzene rings is 8. The van der Waals surface area contributed by atoms with E-state index in [9.17, 15) is 18.4 Å². The molecular formula is C55H37F3N4. The van der Waals surface area contributed by atoms with Gasteiger partial charge in [0.2, 0.25) is 0 Å². The highest BCUT2D eigenvalue weighted by Crippen LogP contribution is 2.47. The van der Waals surface area contributed by atoms with Crippen molar-refractivity contribution in [3.8, 4) is 50.8 Å². The molecule has 0 aliphatic rings. The third kappa shape index (κ3) is 6.13. The number of fused-ring (bicyclic) bond motifs is 6. The summed E-state index contributed by atoms with van der Waals surface area (Å²) in [5.74, 6) is 0. The summed E-state index contributed by atoms with van der Waals surface area (Å²) in [5, 5.41) is 13.6. The molecular weight excluding hydrogens is 774 g/mol. The van der Waals surface area contributed by atoms with E-state index >= 15 is 0 Å². The Kier molecular flexibility index (Phi) is 8.91. The Morgan fingerprint density at radius 3 is 1.47 bits per heavy atom. The van der Waals surface area contributed by atoms with Crippen LogP contribution in [0, 0.1) is 45.6 Å². The van der Waals surface area contributed by atoms with Crippen molar-refractivity contribution in [3.63, 3.8) is 0 Å². The van der Waals surface area contributed by atoms with Gasteiger partial charge in [0.25, 0.3) is 0 Å². The van der Waals surface area contributed by atoms with Crippen LogP contribution in [-0.4, -0.2) is 9.13 Å². The summed E-state index contributed by atoms with van der Waals surface area (Å²) in [4.78, 5) is 3.92.